The molecule has 1 aliphatic heterocycles. The molecular weight excluding hydrogens is 465 g/mol. The summed E-state index contributed by atoms with van der Waals surface area (Å²) in [6.45, 7) is -0.596. The second kappa shape index (κ2) is 9.84. The molecule has 1 N–H and O–H groups in total. The van der Waals surface area contributed by atoms with Gasteiger partial charge in [-0.2, -0.15) is 0 Å². The van der Waals surface area contributed by atoms with Gasteiger partial charge in [0.2, 0.25) is 5.91 Å². The zero-order chi connectivity index (χ0) is 23.4. The van der Waals surface area contributed by atoms with Crippen LogP contribution in [0, 0.1) is 16.0 Å². The largest absolute Gasteiger partial charge is 0.494 e. The Bertz CT molecular complexity index is 1090. The fraction of sp³-hybridized carbons (Fsp3) is 0.250. The number of benzene rings is 2. The van der Waals surface area contributed by atoms with E-state index < -0.39 is 29.3 Å². The molecule has 1 heterocycles. The van der Waals surface area contributed by atoms with Gasteiger partial charge >= 0.3 is 5.97 Å². The number of rotatable bonds is 7. The van der Waals surface area contributed by atoms with Crippen molar-refractivity contribution < 1.29 is 28.8 Å². The van der Waals surface area contributed by atoms with Gasteiger partial charge in [0, 0.05) is 19.0 Å². The van der Waals surface area contributed by atoms with Crippen molar-refractivity contribution in [2.45, 2.75) is 6.42 Å². The number of ether oxygens (including phenoxy) is 2. The van der Waals surface area contributed by atoms with E-state index in [9.17, 15) is 24.5 Å². The van der Waals surface area contributed by atoms with E-state index >= 15 is 0 Å². The van der Waals surface area contributed by atoms with E-state index in [-0.39, 0.29) is 46.0 Å². The SMILES string of the molecule is COc1cc([N+](=O)[O-])ccc1N1C[C@H](C(=O)OCC(=O)Nc2cccc(Cl)c2Cl)CC1=O. The first-order valence-corrected chi connectivity index (χ1v) is 10.00. The Kier molecular flexibility index (Phi) is 7.16. The molecule has 0 aliphatic carbocycles. The Morgan fingerprint density at radius 1 is 1.28 bits per heavy atom. The van der Waals surface area contributed by atoms with Crippen molar-refractivity contribution in [3.05, 3.63) is 56.6 Å². The number of nitrogens with one attached hydrogen (secondary N) is 1. The molecule has 3 rings (SSSR count). The molecule has 10 nitrogen and oxygen atoms in total. The van der Waals surface area contributed by atoms with Crippen molar-refractivity contribution in [3.63, 3.8) is 0 Å². The number of halogens is 2. The number of methoxy groups -OCH3 is 1. The minimum atomic E-state index is -0.815. The van der Waals surface area contributed by atoms with Crippen molar-refractivity contribution >= 4 is 58.0 Å². The fourth-order valence-corrected chi connectivity index (χ4v) is 3.49. The summed E-state index contributed by atoms with van der Waals surface area (Å²) in [7, 11) is 1.32. The number of anilines is 2. The van der Waals surface area contributed by atoms with Crippen LogP contribution in [0.1, 0.15) is 6.42 Å². The molecule has 0 spiro atoms. The molecule has 0 unspecified atom stereocenters. The summed E-state index contributed by atoms with van der Waals surface area (Å²) < 4.78 is 10.2. The maximum absolute atomic E-state index is 12.4. The number of hydrogen-bond donors (Lipinski definition) is 1. The van der Waals surface area contributed by atoms with Gasteiger partial charge in [-0.25, -0.2) is 0 Å². The Morgan fingerprint density at radius 2 is 2.03 bits per heavy atom. The summed E-state index contributed by atoms with van der Waals surface area (Å²) >= 11 is 11.9. The summed E-state index contributed by atoms with van der Waals surface area (Å²) in [5.74, 6) is -2.42. The number of esters is 1. The minimum absolute atomic E-state index is 0.0203. The standard InChI is InChI=1S/C20H17Cl2N3O7/c1-31-16-8-12(25(29)30)5-6-15(16)24-9-11(7-18(24)27)20(28)32-10-17(26)23-14-4-2-3-13(21)19(14)22/h2-6,8,11H,7,9-10H2,1H3,(H,23,26)/t11-/m1/s1. The van der Waals surface area contributed by atoms with E-state index in [0.717, 1.165) is 0 Å². The van der Waals surface area contributed by atoms with Crippen molar-refractivity contribution in [2.24, 2.45) is 5.92 Å². The highest BCUT2D eigenvalue weighted by molar-refractivity contribution is 6.44. The second-order valence-electron chi connectivity index (χ2n) is 6.78. The van der Waals surface area contributed by atoms with E-state index in [1.54, 1.807) is 18.2 Å². The van der Waals surface area contributed by atoms with Crippen LogP contribution in [-0.4, -0.2) is 43.0 Å². The highest BCUT2D eigenvalue weighted by atomic mass is 35.5. The number of nitro groups is 1. The van der Waals surface area contributed by atoms with Crippen LogP contribution in [0.25, 0.3) is 0 Å². The summed E-state index contributed by atoms with van der Waals surface area (Å²) in [6, 6.07) is 8.51. The van der Waals surface area contributed by atoms with Crippen LogP contribution in [0.3, 0.4) is 0 Å². The lowest BCUT2D eigenvalue weighted by molar-refractivity contribution is -0.384. The molecule has 0 saturated carbocycles. The lowest BCUT2D eigenvalue weighted by atomic mass is 10.1. The van der Waals surface area contributed by atoms with Crippen LogP contribution in [0.5, 0.6) is 5.75 Å². The number of carbonyl (C=O) groups is 3. The zero-order valence-electron chi connectivity index (χ0n) is 16.7. The first kappa shape index (κ1) is 23.3. The number of nitro benzene ring substituents is 1. The summed E-state index contributed by atoms with van der Waals surface area (Å²) in [6.07, 6.45) is -0.138. The van der Waals surface area contributed by atoms with Crippen LogP contribution < -0.4 is 15.0 Å². The zero-order valence-corrected chi connectivity index (χ0v) is 18.2. The van der Waals surface area contributed by atoms with E-state index in [4.69, 9.17) is 32.7 Å². The molecule has 0 radical (unpaired) electrons. The molecular formula is C20H17Cl2N3O7. The van der Waals surface area contributed by atoms with Crippen LogP contribution >= 0.6 is 23.2 Å². The van der Waals surface area contributed by atoms with Gasteiger partial charge in [-0.05, 0) is 18.2 Å². The monoisotopic (exact) mass is 481 g/mol. The number of hydrogen-bond acceptors (Lipinski definition) is 7. The summed E-state index contributed by atoms with van der Waals surface area (Å²) in [5.41, 5.74) is 0.374. The molecule has 1 atom stereocenters. The smallest absolute Gasteiger partial charge is 0.311 e. The molecule has 1 saturated heterocycles. The van der Waals surface area contributed by atoms with Crippen LogP contribution in [0.2, 0.25) is 10.0 Å². The second-order valence-corrected chi connectivity index (χ2v) is 7.56. The van der Waals surface area contributed by atoms with Gasteiger partial charge in [-0.1, -0.05) is 29.3 Å². The van der Waals surface area contributed by atoms with E-state index in [2.05, 4.69) is 5.32 Å². The molecule has 2 amide bonds. The van der Waals surface area contributed by atoms with Crippen LogP contribution in [-0.2, 0) is 19.1 Å². The third-order valence-electron chi connectivity index (χ3n) is 4.69. The van der Waals surface area contributed by atoms with Crippen molar-refractivity contribution in [3.8, 4) is 5.75 Å². The number of amides is 2. The molecule has 1 fully saturated rings. The van der Waals surface area contributed by atoms with Gasteiger partial charge in [-0.3, -0.25) is 24.5 Å². The van der Waals surface area contributed by atoms with Crippen molar-refractivity contribution in [2.75, 3.05) is 30.5 Å². The molecule has 168 valence electrons. The van der Waals surface area contributed by atoms with E-state index in [1.807, 2.05) is 0 Å². The first-order valence-electron chi connectivity index (χ1n) is 9.24. The number of non-ortho nitro benzene ring substituents is 1. The van der Waals surface area contributed by atoms with Gasteiger partial charge in [0.1, 0.15) is 5.75 Å². The minimum Gasteiger partial charge on any atom is -0.494 e. The van der Waals surface area contributed by atoms with Gasteiger partial charge in [0.25, 0.3) is 11.6 Å². The Balaban J connectivity index is 1.61. The first-order chi connectivity index (χ1) is 15.2. The highest BCUT2D eigenvalue weighted by Crippen LogP contribution is 2.36. The average molecular weight is 482 g/mol. The molecule has 32 heavy (non-hydrogen) atoms. The summed E-state index contributed by atoms with van der Waals surface area (Å²) in [4.78, 5) is 48.6. The third kappa shape index (κ3) is 5.09. The van der Waals surface area contributed by atoms with Crippen LogP contribution in [0.4, 0.5) is 17.1 Å². The average Bonchev–Trinajstić information content (AvgIpc) is 3.16. The predicted octanol–water partition coefficient (Wildman–Crippen LogP) is 3.45. The van der Waals surface area contributed by atoms with Gasteiger partial charge in [-0.15, -0.1) is 0 Å². The number of carbonyl (C=O) groups excluding carboxylic acids is 3. The van der Waals surface area contributed by atoms with Gasteiger partial charge in [0.15, 0.2) is 6.61 Å². The van der Waals surface area contributed by atoms with E-state index in [1.165, 1.54) is 30.2 Å². The van der Waals surface area contributed by atoms with Crippen LogP contribution in [0.15, 0.2) is 36.4 Å². The van der Waals surface area contributed by atoms with Gasteiger partial charge in [0.05, 0.1) is 45.4 Å². The fourth-order valence-electron chi connectivity index (χ4n) is 3.14. The van der Waals surface area contributed by atoms with Crippen molar-refractivity contribution in [1.82, 2.24) is 0 Å². The summed E-state index contributed by atoms with van der Waals surface area (Å²) in [5, 5.41) is 13.8. The molecule has 12 heteroatoms. The lowest BCUT2D eigenvalue weighted by Gasteiger charge is -2.19. The Morgan fingerprint density at radius 3 is 2.72 bits per heavy atom. The van der Waals surface area contributed by atoms with Gasteiger partial charge < -0.3 is 19.7 Å². The Hall–Kier alpha value is -3.37. The quantitative estimate of drug-likeness (QED) is 0.364. The highest BCUT2D eigenvalue weighted by Gasteiger charge is 2.37. The van der Waals surface area contributed by atoms with E-state index in [0.29, 0.717) is 5.69 Å². The maximum Gasteiger partial charge on any atom is 0.311 e. The predicted molar refractivity (Wildman–Crippen MR) is 116 cm³/mol. The van der Waals surface area contributed by atoms with Crippen molar-refractivity contribution in [1.29, 1.82) is 0 Å². The lowest BCUT2D eigenvalue weighted by Crippen LogP contribution is -2.28. The molecule has 2 aromatic carbocycles. The Labute approximate surface area is 192 Å². The molecule has 0 bridgehead atoms. The number of nitrogens with zero attached hydrogens (tertiary/aromatic N) is 2. The molecule has 0 aromatic heterocycles. The normalized spacial score (nSPS) is 15.4. The topological polar surface area (TPSA) is 128 Å². The molecule has 2 aromatic rings. The molecule has 1 aliphatic rings. The third-order valence-corrected chi connectivity index (χ3v) is 5.51. The maximum atomic E-state index is 12.4.